The lowest BCUT2D eigenvalue weighted by molar-refractivity contribution is 0.205. The van der Waals surface area contributed by atoms with E-state index in [1.807, 2.05) is 12.4 Å². The summed E-state index contributed by atoms with van der Waals surface area (Å²) in [5.41, 5.74) is 2.39. The van der Waals surface area contributed by atoms with E-state index in [0.717, 1.165) is 0 Å². The van der Waals surface area contributed by atoms with Crippen LogP contribution in [0.3, 0.4) is 0 Å². The molecule has 0 aliphatic carbocycles. The maximum absolute atomic E-state index is 8.07. The maximum Gasteiger partial charge on any atom is 0.0527 e. The van der Waals surface area contributed by atoms with Gasteiger partial charge in [-0.3, -0.25) is 10.7 Å². The smallest absolute Gasteiger partial charge is 0.0527 e. The van der Waals surface area contributed by atoms with Gasteiger partial charge in [0.15, 0.2) is 0 Å². The van der Waals surface area contributed by atoms with Crippen LogP contribution in [-0.4, -0.2) is 5.21 Å². The van der Waals surface area contributed by atoms with E-state index >= 15 is 0 Å². The second-order valence-electron chi connectivity index (χ2n) is 1.14. The van der Waals surface area contributed by atoms with Crippen molar-refractivity contribution in [2.75, 3.05) is 0 Å². The Hall–Kier alpha value is -0.760. The van der Waals surface area contributed by atoms with Crippen LogP contribution in [0.25, 0.3) is 0 Å². The lowest BCUT2D eigenvalue weighted by Crippen LogP contribution is -2.01. The highest BCUT2D eigenvalue weighted by atomic mass is 16.5. The second kappa shape index (κ2) is 3.43. The van der Waals surface area contributed by atoms with Gasteiger partial charge < -0.3 is 0 Å². The summed E-state index contributed by atoms with van der Waals surface area (Å²) in [6, 6.07) is 0. The summed E-state index contributed by atoms with van der Waals surface area (Å²) in [5.74, 6) is 0. The minimum Gasteiger partial charge on any atom is -0.291 e. The SMILES string of the molecule is C=C(/C=C/C)NO. The van der Waals surface area contributed by atoms with Crippen molar-refractivity contribution in [3.8, 4) is 0 Å². The predicted molar refractivity (Wildman–Crippen MR) is 28.9 cm³/mol. The van der Waals surface area contributed by atoms with Gasteiger partial charge >= 0.3 is 0 Å². The van der Waals surface area contributed by atoms with E-state index in [9.17, 15) is 0 Å². The molecule has 0 fully saturated rings. The van der Waals surface area contributed by atoms with Gasteiger partial charge in [-0.25, -0.2) is 0 Å². The molecule has 0 bridgehead atoms. The minimum absolute atomic E-state index is 0.502. The van der Waals surface area contributed by atoms with Crippen LogP contribution in [0.4, 0.5) is 0 Å². The maximum atomic E-state index is 8.07. The first-order valence-electron chi connectivity index (χ1n) is 2.03. The van der Waals surface area contributed by atoms with Gasteiger partial charge in [-0.15, -0.1) is 0 Å². The molecule has 0 aromatic rings. The van der Waals surface area contributed by atoms with Crippen molar-refractivity contribution in [1.29, 1.82) is 0 Å². The molecule has 2 heteroatoms. The zero-order valence-electron chi connectivity index (χ0n) is 4.31. The standard InChI is InChI=1S/C5H9NO/c1-3-4-5(2)6-7/h3-4,6-7H,2H2,1H3/b4-3+. The van der Waals surface area contributed by atoms with E-state index in [1.165, 1.54) is 0 Å². The number of hydrogen-bond acceptors (Lipinski definition) is 2. The predicted octanol–water partition coefficient (Wildman–Crippen LogP) is 1.05. The van der Waals surface area contributed by atoms with Gasteiger partial charge in [0, 0.05) is 0 Å². The van der Waals surface area contributed by atoms with Crippen molar-refractivity contribution < 1.29 is 5.21 Å². The molecule has 0 radical (unpaired) electrons. The van der Waals surface area contributed by atoms with Crippen LogP contribution in [0.2, 0.25) is 0 Å². The summed E-state index contributed by atoms with van der Waals surface area (Å²) >= 11 is 0. The Morgan fingerprint density at radius 2 is 2.43 bits per heavy atom. The lowest BCUT2D eigenvalue weighted by atomic mass is 10.4. The first-order valence-corrected chi connectivity index (χ1v) is 2.03. The number of hydrogen-bond donors (Lipinski definition) is 2. The largest absolute Gasteiger partial charge is 0.291 e. The molecule has 2 N–H and O–H groups in total. The molecular formula is C5H9NO. The topological polar surface area (TPSA) is 32.3 Å². The molecule has 0 spiro atoms. The van der Waals surface area contributed by atoms with Crippen LogP contribution >= 0.6 is 0 Å². The van der Waals surface area contributed by atoms with Crippen LogP contribution in [0.5, 0.6) is 0 Å². The molecule has 0 heterocycles. The van der Waals surface area contributed by atoms with Crippen molar-refractivity contribution in [1.82, 2.24) is 5.48 Å². The summed E-state index contributed by atoms with van der Waals surface area (Å²) < 4.78 is 0. The first-order chi connectivity index (χ1) is 3.31. The third-order valence-corrected chi connectivity index (χ3v) is 0.511. The molecule has 40 valence electrons. The minimum atomic E-state index is 0.502. The Bertz CT molecular complexity index is 86.1. The normalized spacial score (nSPS) is 9.43. The highest BCUT2D eigenvalue weighted by molar-refractivity contribution is 5.08. The van der Waals surface area contributed by atoms with Crippen LogP contribution in [0.1, 0.15) is 6.92 Å². The van der Waals surface area contributed by atoms with Crippen LogP contribution in [0, 0.1) is 0 Å². The Kier molecular flexibility index (Phi) is 3.06. The number of allylic oxidation sites excluding steroid dienone is 2. The molecule has 0 aliphatic heterocycles. The van der Waals surface area contributed by atoms with Crippen molar-refractivity contribution >= 4 is 0 Å². The van der Waals surface area contributed by atoms with Crippen molar-refractivity contribution in [2.24, 2.45) is 0 Å². The fourth-order valence-corrected chi connectivity index (χ4v) is 0.238. The second-order valence-corrected chi connectivity index (χ2v) is 1.14. The van der Waals surface area contributed by atoms with E-state index in [0.29, 0.717) is 5.70 Å². The summed E-state index contributed by atoms with van der Waals surface area (Å²) in [7, 11) is 0. The molecule has 2 nitrogen and oxygen atoms in total. The van der Waals surface area contributed by atoms with Gasteiger partial charge in [-0.05, 0) is 13.0 Å². The number of hydroxylamine groups is 1. The molecule has 0 atom stereocenters. The van der Waals surface area contributed by atoms with E-state index in [1.54, 1.807) is 12.2 Å². The van der Waals surface area contributed by atoms with E-state index in [-0.39, 0.29) is 0 Å². The first kappa shape index (κ1) is 6.24. The summed E-state index contributed by atoms with van der Waals surface area (Å²) in [5, 5.41) is 8.07. The Labute approximate surface area is 43.1 Å². The fourth-order valence-electron chi connectivity index (χ4n) is 0.238. The highest BCUT2D eigenvalue weighted by Gasteiger charge is 1.73. The molecular weight excluding hydrogens is 90.1 g/mol. The van der Waals surface area contributed by atoms with Gasteiger partial charge in [0.2, 0.25) is 0 Å². The van der Waals surface area contributed by atoms with Crippen molar-refractivity contribution in [3.05, 3.63) is 24.4 Å². The van der Waals surface area contributed by atoms with E-state index in [4.69, 9.17) is 5.21 Å². The molecule has 0 unspecified atom stereocenters. The molecule has 0 amide bonds. The molecule has 0 rings (SSSR count). The zero-order valence-corrected chi connectivity index (χ0v) is 4.31. The van der Waals surface area contributed by atoms with E-state index < -0.39 is 0 Å². The lowest BCUT2D eigenvalue weighted by Gasteiger charge is -1.90. The van der Waals surface area contributed by atoms with Gasteiger partial charge in [0.05, 0.1) is 5.70 Å². The van der Waals surface area contributed by atoms with E-state index in [2.05, 4.69) is 6.58 Å². The summed E-state index contributed by atoms with van der Waals surface area (Å²) in [6.45, 7) is 5.26. The van der Waals surface area contributed by atoms with Crippen molar-refractivity contribution in [3.63, 3.8) is 0 Å². The highest BCUT2D eigenvalue weighted by Crippen LogP contribution is 1.81. The Balaban J connectivity index is 3.37. The molecule has 0 saturated heterocycles. The third kappa shape index (κ3) is 3.06. The molecule has 0 aromatic carbocycles. The van der Waals surface area contributed by atoms with Crippen LogP contribution in [0.15, 0.2) is 24.4 Å². The molecule has 0 aliphatic rings. The fraction of sp³-hybridized carbons (Fsp3) is 0.200. The zero-order chi connectivity index (χ0) is 5.70. The Morgan fingerprint density at radius 1 is 1.86 bits per heavy atom. The molecule has 0 saturated carbocycles. The monoisotopic (exact) mass is 99.1 g/mol. The summed E-state index contributed by atoms with van der Waals surface area (Å²) in [6.07, 6.45) is 3.45. The molecule has 0 aromatic heterocycles. The van der Waals surface area contributed by atoms with Gasteiger partial charge in [-0.2, -0.15) is 0 Å². The third-order valence-electron chi connectivity index (χ3n) is 0.511. The van der Waals surface area contributed by atoms with Gasteiger partial charge in [0.1, 0.15) is 0 Å². The average molecular weight is 99.1 g/mol. The van der Waals surface area contributed by atoms with Crippen LogP contribution in [-0.2, 0) is 0 Å². The number of nitrogens with one attached hydrogen (secondary N) is 1. The molecule has 7 heavy (non-hydrogen) atoms. The number of rotatable bonds is 2. The van der Waals surface area contributed by atoms with Crippen molar-refractivity contribution in [2.45, 2.75) is 6.92 Å². The van der Waals surface area contributed by atoms with Crippen LogP contribution < -0.4 is 5.48 Å². The average Bonchev–Trinajstić information content (AvgIpc) is 1.68. The quantitative estimate of drug-likeness (QED) is 0.400. The Morgan fingerprint density at radius 3 is 2.57 bits per heavy atom. The van der Waals surface area contributed by atoms with Gasteiger partial charge in [-0.1, -0.05) is 12.7 Å². The summed E-state index contributed by atoms with van der Waals surface area (Å²) in [4.78, 5) is 0. The van der Waals surface area contributed by atoms with Gasteiger partial charge in [0.25, 0.3) is 0 Å².